The third-order valence-electron chi connectivity index (χ3n) is 4.22. The van der Waals surface area contributed by atoms with Crippen LogP contribution in [0.4, 0.5) is 11.4 Å². The summed E-state index contributed by atoms with van der Waals surface area (Å²) in [6.45, 7) is 4.37. The molecule has 2 rings (SSSR count). The van der Waals surface area contributed by atoms with Crippen molar-refractivity contribution in [3.05, 3.63) is 96.0 Å². The molecule has 0 heterocycles. The summed E-state index contributed by atoms with van der Waals surface area (Å²) in [5.41, 5.74) is 4.97. The van der Waals surface area contributed by atoms with Crippen LogP contribution in [-0.4, -0.2) is 25.3 Å². The van der Waals surface area contributed by atoms with Crippen molar-refractivity contribution in [2.75, 3.05) is 24.7 Å². The van der Waals surface area contributed by atoms with Gasteiger partial charge in [-0.2, -0.15) is 0 Å². The molecule has 0 radical (unpaired) electrons. The number of aldehydes is 1. The molecule has 0 aromatic heterocycles. The largest absolute Gasteiger partial charge is 0.376 e. The summed E-state index contributed by atoms with van der Waals surface area (Å²) < 4.78 is 0. The first-order valence-corrected chi connectivity index (χ1v) is 9.39. The number of hydrogen-bond donors (Lipinski definition) is 2. The van der Waals surface area contributed by atoms with Crippen molar-refractivity contribution >= 4 is 17.7 Å². The van der Waals surface area contributed by atoms with Crippen LogP contribution in [0.2, 0.25) is 0 Å². The van der Waals surface area contributed by atoms with Gasteiger partial charge in [-0.15, -0.1) is 0 Å². The van der Waals surface area contributed by atoms with Crippen molar-refractivity contribution in [3.63, 3.8) is 0 Å². The van der Waals surface area contributed by atoms with Crippen LogP contribution in [0.3, 0.4) is 0 Å². The van der Waals surface area contributed by atoms with Gasteiger partial charge in [0.1, 0.15) is 6.29 Å². The second-order valence-electron chi connectivity index (χ2n) is 6.97. The Kier molecular flexibility index (Phi) is 8.10. The van der Waals surface area contributed by atoms with Gasteiger partial charge < -0.3 is 15.5 Å². The van der Waals surface area contributed by atoms with Crippen molar-refractivity contribution in [1.29, 1.82) is 0 Å². The SMILES string of the molecule is CC(C)c1ccc(N\C=C(/C=C\C(=C\C=O)Nc2ccccc2)N(C)C)cc1. The molecule has 4 nitrogen and oxygen atoms in total. The molecule has 4 heteroatoms. The zero-order valence-corrected chi connectivity index (χ0v) is 17.0. The van der Waals surface area contributed by atoms with Gasteiger partial charge in [-0.05, 0) is 47.9 Å². The lowest BCUT2D eigenvalue weighted by molar-refractivity contribution is -0.104. The highest BCUT2D eigenvalue weighted by atomic mass is 16.1. The van der Waals surface area contributed by atoms with Crippen LogP contribution in [0, 0.1) is 0 Å². The van der Waals surface area contributed by atoms with E-state index in [0.29, 0.717) is 5.92 Å². The summed E-state index contributed by atoms with van der Waals surface area (Å²) >= 11 is 0. The Hall–Kier alpha value is -3.27. The monoisotopic (exact) mass is 375 g/mol. The van der Waals surface area contributed by atoms with Crippen LogP contribution in [0.25, 0.3) is 0 Å². The number of benzene rings is 2. The van der Waals surface area contributed by atoms with E-state index in [2.05, 4.69) is 48.7 Å². The maximum Gasteiger partial charge on any atom is 0.144 e. The fourth-order valence-electron chi connectivity index (χ4n) is 2.52. The molecule has 0 saturated carbocycles. The Morgan fingerprint density at radius 2 is 1.61 bits per heavy atom. The van der Waals surface area contributed by atoms with Crippen LogP contribution < -0.4 is 10.6 Å². The molecule has 0 spiro atoms. The van der Waals surface area contributed by atoms with Gasteiger partial charge in [0.25, 0.3) is 0 Å². The molecule has 0 aliphatic rings. The van der Waals surface area contributed by atoms with Gasteiger partial charge in [0.05, 0.1) is 5.70 Å². The second kappa shape index (κ2) is 10.8. The first-order valence-electron chi connectivity index (χ1n) is 9.39. The van der Waals surface area contributed by atoms with E-state index in [1.165, 1.54) is 11.6 Å². The average molecular weight is 376 g/mol. The highest BCUT2D eigenvalue weighted by molar-refractivity contribution is 5.69. The molecular formula is C24H29N3O. The highest BCUT2D eigenvalue weighted by Crippen LogP contribution is 2.18. The minimum absolute atomic E-state index is 0.519. The summed E-state index contributed by atoms with van der Waals surface area (Å²) in [6, 6.07) is 18.2. The third kappa shape index (κ3) is 6.80. The molecule has 2 aromatic carbocycles. The fraction of sp³-hybridized carbons (Fsp3) is 0.208. The summed E-state index contributed by atoms with van der Waals surface area (Å²) in [5, 5.41) is 6.57. The molecule has 146 valence electrons. The van der Waals surface area contributed by atoms with Crippen LogP contribution in [-0.2, 0) is 4.79 Å². The number of nitrogens with zero attached hydrogens (tertiary/aromatic N) is 1. The number of hydrogen-bond acceptors (Lipinski definition) is 4. The Labute approximate surface area is 168 Å². The van der Waals surface area contributed by atoms with E-state index in [0.717, 1.165) is 29.1 Å². The summed E-state index contributed by atoms with van der Waals surface area (Å²) in [5.74, 6) is 0.519. The van der Waals surface area contributed by atoms with Gasteiger partial charge in [-0.1, -0.05) is 44.2 Å². The number of nitrogens with one attached hydrogen (secondary N) is 2. The number of carbonyl (C=O) groups excluding carboxylic acids is 1. The molecule has 0 fully saturated rings. The van der Waals surface area contributed by atoms with E-state index >= 15 is 0 Å². The summed E-state index contributed by atoms with van der Waals surface area (Å²) in [4.78, 5) is 13.0. The molecule has 0 aliphatic carbocycles. The molecule has 28 heavy (non-hydrogen) atoms. The number of rotatable bonds is 9. The second-order valence-corrected chi connectivity index (χ2v) is 6.97. The first-order chi connectivity index (χ1) is 13.5. The van der Waals surface area contributed by atoms with Gasteiger partial charge >= 0.3 is 0 Å². The van der Waals surface area contributed by atoms with Crippen LogP contribution in [0.1, 0.15) is 25.3 Å². The maximum atomic E-state index is 11.0. The smallest absolute Gasteiger partial charge is 0.144 e. The summed E-state index contributed by atoms with van der Waals surface area (Å²) in [6.07, 6.45) is 8.08. The van der Waals surface area contributed by atoms with Crippen LogP contribution in [0.5, 0.6) is 0 Å². The zero-order chi connectivity index (χ0) is 20.4. The molecular weight excluding hydrogens is 346 g/mol. The lowest BCUT2D eigenvalue weighted by Crippen LogP contribution is -2.11. The molecule has 2 aromatic rings. The first kappa shape index (κ1) is 21.0. The molecule has 0 unspecified atom stereocenters. The van der Waals surface area contributed by atoms with E-state index in [-0.39, 0.29) is 0 Å². The number of carbonyl (C=O) groups is 1. The molecule has 2 N–H and O–H groups in total. The quantitative estimate of drug-likeness (QED) is 0.351. The zero-order valence-electron chi connectivity index (χ0n) is 17.0. The third-order valence-corrected chi connectivity index (χ3v) is 4.22. The van der Waals surface area contributed by atoms with Gasteiger partial charge in [0, 0.05) is 43.4 Å². The number of likely N-dealkylation sites (N-methyl/N-ethyl adjacent to an activating group) is 1. The standard InChI is InChI=1S/C24H29N3O/c1-19(2)20-10-12-21(13-11-20)25-18-24(27(3)4)15-14-23(16-17-28)26-22-8-6-5-7-9-22/h5-19,25-26H,1-4H3/b15-14-,23-16-,24-18+. The van der Waals surface area contributed by atoms with Gasteiger partial charge in [0.15, 0.2) is 0 Å². The maximum absolute atomic E-state index is 11.0. The molecule has 0 saturated heterocycles. The minimum Gasteiger partial charge on any atom is -0.376 e. The normalized spacial score (nSPS) is 12.3. The van der Waals surface area contributed by atoms with E-state index in [1.54, 1.807) is 0 Å². The lowest BCUT2D eigenvalue weighted by Gasteiger charge is -2.15. The van der Waals surface area contributed by atoms with Crippen LogP contribution >= 0.6 is 0 Å². The van der Waals surface area contributed by atoms with Crippen molar-refractivity contribution in [1.82, 2.24) is 4.90 Å². The molecule has 0 bridgehead atoms. The van der Waals surface area contributed by atoms with Crippen molar-refractivity contribution in [3.8, 4) is 0 Å². The number of allylic oxidation sites excluding steroid dienone is 3. The van der Waals surface area contributed by atoms with Crippen molar-refractivity contribution in [2.24, 2.45) is 0 Å². The molecule has 0 amide bonds. The minimum atomic E-state index is 0.519. The Bertz CT molecular complexity index is 832. The predicted molar refractivity (Wildman–Crippen MR) is 119 cm³/mol. The Morgan fingerprint density at radius 1 is 0.929 bits per heavy atom. The van der Waals surface area contributed by atoms with E-state index in [4.69, 9.17) is 0 Å². The van der Waals surface area contributed by atoms with Gasteiger partial charge in [0.2, 0.25) is 0 Å². The number of para-hydroxylation sites is 1. The topological polar surface area (TPSA) is 44.4 Å². The summed E-state index contributed by atoms with van der Waals surface area (Å²) in [7, 11) is 3.96. The van der Waals surface area contributed by atoms with E-state index < -0.39 is 0 Å². The van der Waals surface area contributed by atoms with Crippen LogP contribution in [0.15, 0.2) is 90.4 Å². The average Bonchev–Trinajstić information content (AvgIpc) is 2.69. The Balaban J connectivity index is 2.11. The molecule has 0 atom stereocenters. The van der Waals surface area contributed by atoms with Gasteiger partial charge in [-0.25, -0.2) is 0 Å². The fourth-order valence-corrected chi connectivity index (χ4v) is 2.52. The van der Waals surface area contributed by atoms with Crippen molar-refractivity contribution in [2.45, 2.75) is 19.8 Å². The van der Waals surface area contributed by atoms with E-state index in [9.17, 15) is 4.79 Å². The number of anilines is 2. The van der Waals surface area contributed by atoms with Gasteiger partial charge in [-0.3, -0.25) is 4.79 Å². The van der Waals surface area contributed by atoms with Crippen molar-refractivity contribution < 1.29 is 4.79 Å². The van der Waals surface area contributed by atoms with E-state index in [1.807, 2.05) is 67.7 Å². The predicted octanol–water partition coefficient (Wildman–Crippen LogP) is 5.38. The Morgan fingerprint density at radius 3 is 2.18 bits per heavy atom. The highest BCUT2D eigenvalue weighted by Gasteiger charge is 2.00. The lowest BCUT2D eigenvalue weighted by atomic mass is 10.0. The molecule has 0 aliphatic heterocycles.